The van der Waals surface area contributed by atoms with Gasteiger partial charge in [0.1, 0.15) is 5.75 Å². The Morgan fingerprint density at radius 2 is 1.89 bits per heavy atom. The molecule has 1 aromatic rings. The molecule has 1 aliphatic heterocycles. The maximum absolute atomic E-state index is 11.0. The molecule has 0 spiro atoms. The minimum atomic E-state index is -0.757. The molecule has 1 heterocycles. The van der Waals surface area contributed by atoms with Gasteiger partial charge in [0.25, 0.3) is 0 Å². The van der Waals surface area contributed by atoms with Gasteiger partial charge in [-0.3, -0.25) is 4.79 Å². The second-order valence-corrected chi connectivity index (χ2v) is 5.62. The first-order valence-corrected chi connectivity index (χ1v) is 6.96. The third-order valence-electron chi connectivity index (χ3n) is 4.35. The van der Waals surface area contributed by atoms with Crippen LogP contribution in [0.5, 0.6) is 5.75 Å². The Morgan fingerprint density at radius 3 is 2.53 bits per heavy atom. The summed E-state index contributed by atoms with van der Waals surface area (Å²) < 4.78 is 0. The average molecular weight is 261 g/mol. The monoisotopic (exact) mass is 261 g/mol. The molecule has 4 heteroatoms. The lowest BCUT2D eigenvalue weighted by Crippen LogP contribution is -2.17. The molecule has 19 heavy (non-hydrogen) atoms. The van der Waals surface area contributed by atoms with E-state index in [1.807, 2.05) is 6.07 Å². The molecule has 2 aliphatic rings. The minimum absolute atomic E-state index is 0.0340. The maximum atomic E-state index is 11.0. The van der Waals surface area contributed by atoms with Crippen molar-refractivity contribution < 1.29 is 15.0 Å². The Balaban J connectivity index is 1.87. The van der Waals surface area contributed by atoms with Crippen LogP contribution in [0.3, 0.4) is 0 Å². The highest BCUT2D eigenvalue weighted by atomic mass is 16.4. The van der Waals surface area contributed by atoms with Gasteiger partial charge in [0, 0.05) is 18.2 Å². The second kappa shape index (κ2) is 4.85. The fourth-order valence-electron chi connectivity index (χ4n) is 3.23. The van der Waals surface area contributed by atoms with Crippen molar-refractivity contribution in [3.05, 3.63) is 28.8 Å². The van der Waals surface area contributed by atoms with E-state index in [9.17, 15) is 9.90 Å². The first-order valence-electron chi connectivity index (χ1n) is 6.96. The van der Waals surface area contributed by atoms with Gasteiger partial charge in [-0.2, -0.15) is 0 Å². The molecule has 0 aromatic heterocycles. The van der Waals surface area contributed by atoms with Gasteiger partial charge in [-0.25, -0.2) is 0 Å². The van der Waals surface area contributed by atoms with Crippen LogP contribution in [0.1, 0.15) is 42.0 Å². The normalized spacial score (nSPS) is 26.1. The summed E-state index contributed by atoms with van der Waals surface area (Å²) in [6.45, 7) is 0.483. The molecule has 3 rings (SSSR count). The number of carbonyl (C=O) groups is 1. The van der Waals surface area contributed by atoms with Crippen LogP contribution in [0.2, 0.25) is 0 Å². The minimum Gasteiger partial charge on any atom is -0.508 e. The Kier molecular flexibility index (Phi) is 3.19. The second-order valence-electron chi connectivity index (χ2n) is 5.62. The van der Waals surface area contributed by atoms with E-state index in [1.54, 1.807) is 0 Å². The summed E-state index contributed by atoms with van der Waals surface area (Å²) in [7, 11) is 0. The van der Waals surface area contributed by atoms with E-state index in [2.05, 4.69) is 11.4 Å². The van der Waals surface area contributed by atoms with E-state index in [1.165, 1.54) is 24.0 Å². The number of hydrogen-bond donors (Lipinski definition) is 3. The summed E-state index contributed by atoms with van der Waals surface area (Å²) in [5, 5.41) is 22.4. The number of phenolic OH excluding ortho intramolecular Hbond substituents is 1. The van der Waals surface area contributed by atoms with Gasteiger partial charge >= 0.3 is 5.97 Å². The molecule has 0 bridgehead atoms. The summed E-state index contributed by atoms with van der Waals surface area (Å²) in [5.74, 6) is -0.794. The van der Waals surface area contributed by atoms with Gasteiger partial charge in [-0.05, 0) is 49.3 Å². The number of aryl methyl sites for hydroxylation is 2. The van der Waals surface area contributed by atoms with Gasteiger partial charge in [-0.15, -0.1) is 0 Å². The lowest BCUT2D eigenvalue weighted by Gasteiger charge is -2.20. The van der Waals surface area contributed by atoms with Gasteiger partial charge in [0.15, 0.2) is 0 Å². The van der Waals surface area contributed by atoms with Crippen molar-refractivity contribution in [1.82, 2.24) is 5.32 Å². The zero-order valence-electron chi connectivity index (χ0n) is 10.9. The summed E-state index contributed by atoms with van der Waals surface area (Å²) in [5.41, 5.74) is 3.43. The van der Waals surface area contributed by atoms with Crippen LogP contribution in [0.4, 0.5) is 0 Å². The van der Waals surface area contributed by atoms with E-state index >= 15 is 0 Å². The standard InChI is InChI=1S/C15H19NO3/c17-14-7-10-4-2-1-3-9(10)5-12(14)13-6-11(8-16-13)15(18)19/h5,7,11,13,16-17H,1-4,6,8H2,(H,18,19). The van der Waals surface area contributed by atoms with Gasteiger partial charge in [0.05, 0.1) is 5.92 Å². The number of rotatable bonds is 2. The highest BCUT2D eigenvalue weighted by molar-refractivity contribution is 5.71. The zero-order valence-corrected chi connectivity index (χ0v) is 10.9. The first kappa shape index (κ1) is 12.5. The van der Waals surface area contributed by atoms with Crippen LogP contribution >= 0.6 is 0 Å². The van der Waals surface area contributed by atoms with Crippen molar-refractivity contribution >= 4 is 5.97 Å². The molecule has 2 unspecified atom stereocenters. The summed E-state index contributed by atoms with van der Waals surface area (Å²) in [6.07, 6.45) is 5.06. The SMILES string of the molecule is O=C(O)C1CNC(c2cc3c(cc2O)CCCC3)C1. The predicted octanol–water partition coefficient (Wildman–Crippen LogP) is 2.01. The van der Waals surface area contributed by atoms with Crippen LogP contribution in [-0.2, 0) is 17.6 Å². The highest BCUT2D eigenvalue weighted by Gasteiger charge is 2.32. The number of benzene rings is 1. The smallest absolute Gasteiger partial charge is 0.307 e. The Bertz CT molecular complexity index is 512. The van der Waals surface area contributed by atoms with Gasteiger partial charge in [0.2, 0.25) is 0 Å². The molecule has 0 radical (unpaired) electrons. The van der Waals surface area contributed by atoms with Crippen LogP contribution in [-0.4, -0.2) is 22.7 Å². The van der Waals surface area contributed by atoms with E-state index in [0.717, 1.165) is 18.4 Å². The molecule has 1 aliphatic carbocycles. The molecule has 1 aromatic carbocycles. The predicted molar refractivity (Wildman–Crippen MR) is 71.2 cm³/mol. The number of fused-ring (bicyclic) bond motifs is 1. The number of aliphatic carboxylic acids is 1. The van der Waals surface area contributed by atoms with Crippen LogP contribution < -0.4 is 5.32 Å². The number of phenols is 1. The summed E-state index contributed by atoms with van der Waals surface area (Å²) in [6, 6.07) is 3.92. The summed E-state index contributed by atoms with van der Waals surface area (Å²) >= 11 is 0. The highest BCUT2D eigenvalue weighted by Crippen LogP contribution is 2.36. The number of nitrogens with one attached hydrogen (secondary N) is 1. The van der Waals surface area contributed by atoms with Crippen molar-refractivity contribution in [3.63, 3.8) is 0 Å². The van der Waals surface area contributed by atoms with E-state index in [4.69, 9.17) is 5.11 Å². The third-order valence-corrected chi connectivity index (χ3v) is 4.35. The van der Waals surface area contributed by atoms with Crippen molar-refractivity contribution in [2.24, 2.45) is 5.92 Å². The van der Waals surface area contributed by atoms with E-state index in [0.29, 0.717) is 18.7 Å². The number of carboxylic acid groups (broad SMARTS) is 1. The number of carboxylic acids is 1. The van der Waals surface area contributed by atoms with Gasteiger partial charge < -0.3 is 15.5 Å². The maximum Gasteiger partial charge on any atom is 0.307 e. The van der Waals surface area contributed by atoms with Crippen LogP contribution in [0.15, 0.2) is 12.1 Å². The molecule has 1 fully saturated rings. The van der Waals surface area contributed by atoms with Crippen molar-refractivity contribution in [3.8, 4) is 5.75 Å². The largest absolute Gasteiger partial charge is 0.508 e. The van der Waals surface area contributed by atoms with Crippen molar-refractivity contribution in [2.75, 3.05) is 6.54 Å². The fourth-order valence-corrected chi connectivity index (χ4v) is 3.23. The summed E-state index contributed by atoms with van der Waals surface area (Å²) in [4.78, 5) is 11.0. The Labute approximate surface area is 112 Å². The van der Waals surface area contributed by atoms with Crippen LogP contribution in [0, 0.1) is 5.92 Å². The number of hydrogen-bond acceptors (Lipinski definition) is 3. The molecular weight excluding hydrogens is 242 g/mol. The lowest BCUT2D eigenvalue weighted by atomic mass is 9.88. The molecule has 0 saturated carbocycles. The Hall–Kier alpha value is -1.55. The number of aromatic hydroxyl groups is 1. The van der Waals surface area contributed by atoms with E-state index < -0.39 is 5.97 Å². The third kappa shape index (κ3) is 2.32. The molecular formula is C15H19NO3. The molecule has 4 nitrogen and oxygen atoms in total. The molecule has 102 valence electrons. The molecule has 2 atom stereocenters. The molecule has 0 amide bonds. The quantitative estimate of drug-likeness (QED) is 0.761. The molecule has 3 N–H and O–H groups in total. The topological polar surface area (TPSA) is 69.6 Å². The van der Waals surface area contributed by atoms with Crippen molar-refractivity contribution in [2.45, 2.75) is 38.1 Å². The fraction of sp³-hybridized carbons (Fsp3) is 0.533. The lowest BCUT2D eigenvalue weighted by molar-refractivity contribution is -0.141. The van der Waals surface area contributed by atoms with E-state index in [-0.39, 0.29) is 12.0 Å². The zero-order chi connectivity index (χ0) is 13.4. The van der Waals surface area contributed by atoms with Gasteiger partial charge in [-0.1, -0.05) is 6.07 Å². The Morgan fingerprint density at radius 1 is 1.21 bits per heavy atom. The average Bonchev–Trinajstić information content (AvgIpc) is 2.87. The first-order chi connectivity index (χ1) is 9.15. The van der Waals surface area contributed by atoms with Crippen molar-refractivity contribution in [1.29, 1.82) is 0 Å². The molecule has 1 saturated heterocycles. The van der Waals surface area contributed by atoms with Crippen LogP contribution in [0.25, 0.3) is 0 Å².